The van der Waals surface area contributed by atoms with E-state index in [9.17, 15) is 24.3 Å². The standard InChI is InChI=1S/C47H61N7O7/c1-8-32(2)41(54-26-25-52(46(54)59)30-36-21-15-17-33(3)48-36)43(56)49-39(28-34-18-11-9-12-19-34)40(55)31-53(51-44(57)42(47(4,5)6)50-45(58)60-7)29-35-20-16-24-38(27-35)61-37-22-13-10-14-23-37/h9-24,27,32,39-42,55H,8,25-26,28-31H2,1-7H3,(H,49,56)(H,50,58)(H,51,57). The Bertz CT molecular complexity index is 2060. The van der Waals surface area contributed by atoms with Crippen molar-refractivity contribution in [1.29, 1.82) is 0 Å². The summed E-state index contributed by atoms with van der Waals surface area (Å²) < 4.78 is 10.9. The number of hydrazine groups is 1. The molecule has 1 fully saturated rings. The van der Waals surface area contributed by atoms with E-state index in [2.05, 4.69) is 21.0 Å². The number of aliphatic hydroxyl groups excluding tert-OH is 1. The number of carbonyl (C=O) groups is 4. The summed E-state index contributed by atoms with van der Waals surface area (Å²) in [6, 6.07) is 29.1. The molecule has 4 aromatic rings. The van der Waals surface area contributed by atoms with Crippen LogP contribution in [0.15, 0.2) is 103 Å². The number of nitrogens with zero attached hydrogens (tertiary/aromatic N) is 4. The van der Waals surface area contributed by atoms with Crippen LogP contribution >= 0.6 is 0 Å². The first kappa shape index (κ1) is 46.1. The highest BCUT2D eigenvalue weighted by Gasteiger charge is 2.41. The van der Waals surface area contributed by atoms with Crippen LogP contribution in [0.5, 0.6) is 11.5 Å². The molecule has 0 saturated carbocycles. The molecule has 4 N–H and O–H groups in total. The number of ether oxygens (including phenoxy) is 2. The minimum absolute atomic E-state index is 0.124. The second-order valence-corrected chi connectivity index (χ2v) is 16.7. The van der Waals surface area contributed by atoms with E-state index in [1.54, 1.807) is 14.8 Å². The van der Waals surface area contributed by atoms with Gasteiger partial charge in [-0.2, -0.15) is 0 Å². The molecule has 1 aliphatic heterocycles. The minimum Gasteiger partial charge on any atom is -0.457 e. The van der Waals surface area contributed by atoms with Crippen LogP contribution in [0, 0.1) is 18.3 Å². The van der Waals surface area contributed by atoms with Gasteiger partial charge < -0.3 is 35.0 Å². The molecular weight excluding hydrogens is 775 g/mol. The van der Waals surface area contributed by atoms with Gasteiger partial charge in [-0.15, -0.1) is 0 Å². The SMILES string of the molecule is CCC(C)C(C(=O)NC(Cc1ccccc1)C(O)CN(Cc1cccc(Oc2ccccc2)c1)NC(=O)C(NC(=O)OC)C(C)(C)C)N1CCN(Cc2cccc(C)n2)C1=O. The van der Waals surface area contributed by atoms with E-state index in [4.69, 9.17) is 9.47 Å². The van der Waals surface area contributed by atoms with Gasteiger partial charge in [0.1, 0.15) is 23.6 Å². The molecule has 61 heavy (non-hydrogen) atoms. The van der Waals surface area contributed by atoms with E-state index in [0.717, 1.165) is 22.5 Å². The van der Waals surface area contributed by atoms with Crippen molar-refractivity contribution in [2.24, 2.45) is 11.3 Å². The maximum absolute atomic E-state index is 14.6. The van der Waals surface area contributed by atoms with Gasteiger partial charge in [-0.3, -0.25) is 20.0 Å². The summed E-state index contributed by atoms with van der Waals surface area (Å²) >= 11 is 0. The smallest absolute Gasteiger partial charge is 0.407 e. The fourth-order valence-corrected chi connectivity index (χ4v) is 7.37. The van der Waals surface area contributed by atoms with Crippen LogP contribution in [0.2, 0.25) is 0 Å². The summed E-state index contributed by atoms with van der Waals surface area (Å²) in [4.78, 5) is 62.9. The molecule has 5 amide bonds. The number of pyridine rings is 1. The normalized spacial score (nSPS) is 15.4. The molecule has 0 bridgehead atoms. The molecule has 5 rings (SSSR count). The molecule has 1 aliphatic rings. The molecule has 1 saturated heterocycles. The molecule has 0 aliphatic carbocycles. The van der Waals surface area contributed by atoms with Crippen molar-refractivity contribution in [2.45, 2.75) is 91.7 Å². The topological polar surface area (TPSA) is 166 Å². The van der Waals surface area contributed by atoms with E-state index in [1.165, 1.54) is 7.11 Å². The van der Waals surface area contributed by atoms with Crippen molar-refractivity contribution in [2.75, 3.05) is 26.7 Å². The fraction of sp³-hybridized carbons (Fsp3) is 0.426. The van der Waals surface area contributed by atoms with Crippen LogP contribution in [0.1, 0.15) is 63.6 Å². The number of aliphatic hydroxyl groups is 1. The van der Waals surface area contributed by atoms with Gasteiger partial charge in [0.2, 0.25) is 5.91 Å². The summed E-state index contributed by atoms with van der Waals surface area (Å²) in [5, 5.41) is 19.6. The van der Waals surface area contributed by atoms with Crippen molar-refractivity contribution in [1.82, 2.24) is 35.9 Å². The second-order valence-electron chi connectivity index (χ2n) is 16.7. The number of amides is 5. The Morgan fingerprint density at radius 1 is 0.869 bits per heavy atom. The zero-order valence-electron chi connectivity index (χ0n) is 36.3. The molecule has 0 radical (unpaired) electrons. The number of urea groups is 1. The number of carbonyl (C=O) groups excluding carboxylic acids is 4. The van der Waals surface area contributed by atoms with Crippen molar-refractivity contribution < 1.29 is 33.8 Å². The average Bonchev–Trinajstić information content (AvgIpc) is 3.57. The molecule has 2 heterocycles. The molecule has 1 aromatic heterocycles. The monoisotopic (exact) mass is 835 g/mol. The molecule has 14 heteroatoms. The molecular formula is C47H61N7O7. The van der Waals surface area contributed by atoms with Crippen molar-refractivity contribution in [3.05, 3.63) is 126 Å². The minimum atomic E-state index is -1.23. The largest absolute Gasteiger partial charge is 0.457 e. The first-order valence-corrected chi connectivity index (χ1v) is 20.9. The Hall–Kier alpha value is -5.99. The second kappa shape index (κ2) is 21.5. The molecule has 5 atom stereocenters. The lowest BCUT2D eigenvalue weighted by molar-refractivity contribution is -0.132. The van der Waals surface area contributed by atoms with Gasteiger partial charge in [0.25, 0.3) is 5.91 Å². The number of rotatable bonds is 19. The van der Waals surface area contributed by atoms with Gasteiger partial charge in [0.05, 0.1) is 31.5 Å². The van der Waals surface area contributed by atoms with Gasteiger partial charge >= 0.3 is 12.1 Å². The van der Waals surface area contributed by atoms with Crippen LogP contribution < -0.4 is 20.8 Å². The van der Waals surface area contributed by atoms with E-state index < -0.39 is 41.6 Å². The Kier molecular flexibility index (Phi) is 16.2. The van der Waals surface area contributed by atoms with Gasteiger partial charge in [-0.25, -0.2) is 14.6 Å². The van der Waals surface area contributed by atoms with Gasteiger partial charge in [-0.1, -0.05) is 108 Å². The molecule has 326 valence electrons. The fourth-order valence-electron chi connectivity index (χ4n) is 7.37. The molecule has 14 nitrogen and oxygen atoms in total. The predicted octanol–water partition coefficient (Wildman–Crippen LogP) is 6.23. The summed E-state index contributed by atoms with van der Waals surface area (Å²) in [7, 11) is 1.23. The summed E-state index contributed by atoms with van der Waals surface area (Å²) in [6.07, 6.45) is -1.10. The quantitative estimate of drug-likeness (QED) is 0.0802. The summed E-state index contributed by atoms with van der Waals surface area (Å²) in [5.74, 6) is 0.123. The number of methoxy groups -OCH3 is 1. The van der Waals surface area contributed by atoms with Gasteiger partial charge in [0, 0.05) is 31.9 Å². The Morgan fingerprint density at radius 2 is 1.52 bits per heavy atom. The maximum Gasteiger partial charge on any atom is 0.407 e. The molecule has 3 aromatic carbocycles. The number of alkyl carbamates (subject to hydrolysis) is 1. The lowest BCUT2D eigenvalue weighted by atomic mass is 9.86. The van der Waals surface area contributed by atoms with Crippen molar-refractivity contribution in [3.8, 4) is 11.5 Å². The number of nitrogens with one attached hydrogen (secondary N) is 3. The van der Waals surface area contributed by atoms with E-state index in [-0.39, 0.29) is 37.4 Å². The number of benzene rings is 3. The third kappa shape index (κ3) is 13.2. The van der Waals surface area contributed by atoms with E-state index in [1.807, 2.05) is 145 Å². The number of hydrogen-bond acceptors (Lipinski definition) is 9. The van der Waals surface area contributed by atoms with E-state index in [0.29, 0.717) is 37.6 Å². The summed E-state index contributed by atoms with van der Waals surface area (Å²) in [6.45, 7) is 12.4. The highest BCUT2D eigenvalue weighted by atomic mass is 16.5. The zero-order valence-corrected chi connectivity index (χ0v) is 36.3. The number of para-hydroxylation sites is 1. The van der Waals surface area contributed by atoms with Gasteiger partial charge in [0.15, 0.2) is 0 Å². The third-order valence-electron chi connectivity index (χ3n) is 10.8. The number of hydrogen-bond donors (Lipinski definition) is 4. The highest BCUT2D eigenvalue weighted by molar-refractivity contribution is 5.88. The molecule has 0 spiro atoms. The maximum atomic E-state index is 14.6. The lowest BCUT2D eigenvalue weighted by Gasteiger charge is -2.36. The number of aromatic nitrogens is 1. The third-order valence-corrected chi connectivity index (χ3v) is 10.8. The molecule has 5 unspecified atom stereocenters. The Labute approximate surface area is 359 Å². The van der Waals surface area contributed by atoms with Crippen LogP contribution in [-0.4, -0.2) is 99.8 Å². The van der Waals surface area contributed by atoms with E-state index >= 15 is 0 Å². The predicted molar refractivity (Wildman–Crippen MR) is 233 cm³/mol. The zero-order chi connectivity index (χ0) is 44.1. The first-order chi connectivity index (χ1) is 29.1. The first-order valence-electron chi connectivity index (χ1n) is 20.9. The van der Waals surface area contributed by atoms with Gasteiger partial charge in [-0.05, 0) is 72.2 Å². The Morgan fingerprint density at radius 3 is 2.18 bits per heavy atom. The van der Waals surface area contributed by atoms with Crippen molar-refractivity contribution in [3.63, 3.8) is 0 Å². The number of aryl methyl sites for hydroxylation is 1. The van der Waals surface area contributed by atoms with Crippen LogP contribution in [-0.2, 0) is 33.8 Å². The van der Waals surface area contributed by atoms with Crippen LogP contribution in [0.25, 0.3) is 0 Å². The van der Waals surface area contributed by atoms with Crippen LogP contribution in [0.3, 0.4) is 0 Å². The highest BCUT2D eigenvalue weighted by Crippen LogP contribution is 2.25. The lowest BCUT2D eigenvalue weighted by Crippen LogP contribution is -2.60. The summed E-state index contributed by atoms with van der Waals surface area (Å²) in [5.41, 5.74) is 5.49. The average molecular weight is 836 g/mol. The van der Waals surface area contributed by atoms with Crippen LogP contribution in [0.4, 0.5) is 9.59 Å². The van der Waals surface area contributed by atoms with Crippen molar-refractivity contribution >= 4 is 23.9 Å². The Balaban J connectivity index is 1.42.